The summed E-state index contributed by atoms with van der Waals surface area (Å²) in [5.74, 6) is 1.44. The average molecular weight is 369 g/mol. The van der Waals surface area contributed by atoms with Gasteiger partial charge in [0.15, 0.2) is 0 Å². The molecule has 0 bridgehead atoms. The molecule has 1 fully saturated rings. The van der Waals surface area contributed by atoms with Crippen LogP contribution in [0.2, 0.25) is 0 Å². The Kier molecular flexibility index (Phi) is 5.59. The molecule has 0 aromatic heterocycles. The molecule has 5 heteroatoms. The van der Waals surface area contributed by atoms with Gasteiger partial charge in [0.2, 0.25) is 5.72 Å². The van der Waals surface area contributed by atoms with E-state index in [-0.39, 0.29) is 12.7 Å². The second-order valence-corrected chi connectivity index (χ2v) is 7.70. The third-order valence-electron chi connectivity index (χ3n) is 4.31. The first-order valence-electron chi connectivity index (χ1n) is 9.31. The minimum Gasteiger partial charge on any atom is -0.487 e. The van der Waals surface area contributed by atoms with E-state index in [0.29, 0.717) is 18.7 Å². The first-order valence-corrected chi connectivity index (χ1v) is 9.31. The molecule has 1 aliphatic rings. The van der Waals surface area contributed by atoms with Crippen LogP contribution in [0.4, 0.5) is 4.79 Å². The highest BCUT2D eigenvalue weighted by Crippen LogP contribution is 2.34. The lowest BCUT2D eigenvalue weighted by Crippen LogP contribution is -2.56. The first kappa shape index (κ1) is 19.1. The normalized spacial score (nSPS) is 19.6. The molecular weight excluding hydrogens is 342 g/mol. The number of hydrogen-bond acceptors (Lipinski definition) is 4. The third-order valence-corrected chi connectivity index (χ3v) is 4.31. The smallest absolute Gasteiger partial charge is 0.413 e. The van der Waals surface area contributed by atoms with Crippen molar-refractivity contribution in [2.75, 3.05) is 13.2 Å². The van der Waals surface area contributed by atoms with Crippen molar-refractivity contribution < 1.29 is 19.0 Å². The molecule has 1 saturated heterocycles. The lowest BCUT2D eigenvalue weighted by atomic mass is 10.1. The molecule has 1 aliphatic heterocycles. The van der Waals surface area contributed by atoms with Crippen LogP contribution in [0.1, 0.15) is 33.6 Å². The van der Waals surface area contributed by atoms with Crippen molar-refractivity contribution >= 4 is 6.09 Å². The highest BCUT2D eigenvalue weighted by Gasteiger charge is 2.48. The minimum absolute atomic E-state index is 0.227. The minimum atomic E-state index is -0.903. The second-order valence-electron chi connectivity index (χ2n) is 7.70. The molecule has 1 atom stereocenters. The van der Waals surface area contributed by atoms with Crippen molar-refractivity contribution in [2.24, 2.45) is 0 Å². The number of benzene rings is 2. The Balaban J connectivity index is 1.84. The van der Waals surface area contributed by atoms with Gasteiger partial charge in [-0.05, 0) is 51.5 Å². The van der Waals surface area contributed by atoms with E-state index in [1.54, 1.807) is 4.90 Å². The molecule has 0 saturated carbocycles. The van der Waals surface area contributed by atoms with Gasteiger partial charge in [-0.15, -0.1) is 0 Å². The van der Waals surface area contributed by atoms with Crippen molar-refractivity contribution in [1.29, 1.82) is 0 Å². The van der Waals surface area contributed by atoms with Gasteiger partial charge in [0.05, 0.1) is 0 Å². The van der Waals surface area contributed by atoms with Gasteiger partial charge in [0.25, 0.3) is 0 Å². The number of likely N-dealkylation sites (tertiary alicyclic amines) is 1. The third kappa shape index (κ3) is 4.94. The van der Waals surface area contributed by atoms with Crippen molar-refractivity contribution in [3.8, 4) is 11.5 Å². The molecule has 0 aliphatic carbocycles. The maximum absolute atomic E-state index is 12.8. The zero-order valence-electron chi connectivity index (χ0n) is 16.2. The van der Waals surface area contributed by atoms with Gasteiger partial charge in [0, 0.05) is 13.0 Å². The molecule has 0 unspecified atom stereocenters. The van der Waals surface area contributed by atoms with Crippen LogP contribution in [-0.2, 0) is 4.74 Å². The largest absolute Gasteiger partial charge is 0.487 e. The Morgan fingerprint density at radius 3 is 2.19 bits per heavy atom. The Hall–Kier alpha value is -2.69. The van der Waals surface area contributed by atoms with Gasteiger partial charge >= 0.3 is 6.09 Å². The number of carbonyl (C=O) groups is 1. The van der Waals surface area contributed by atoms with Gasteiger partial charge in [-0.2, -0.15) is 0 Å². The lowest BCUT2D eigenvalue weighted by Gasteiger charge is -2.38. The average Bonchev–Trinajstić information content (AvgIpc) is 3.04. The predicted octanol–water partition coefficient (Wildman–Crippen LogP) is 4.87. The molecule has 27 heavy (non-hydrogen) atoms. The molecule has 2 aromatic rings. The fraction of sp³-hybridized carbons (Fsp3) is 0.409. The van der Waals surface area contributed by atoms with Gasteiger partial charge in [0.1, 0.15) is 23.7 Å². The van der Waals surface area contributed by atoms with E-state index < -0.39 is 11.3 Å². The zero-order chi connectivity index (χ0) is 19.3. The van der Waals surface area contributed by atoms with Crippen molar-refractivity contribution in [3.63, 3.8) is 0 Å². The maximum Gasteiger partial charge on any atom is 0.413 e. The molecule has 3 rings (SSSR count). The molecule has 0 radical (unpaired) electrons. The van der Waals surface area contributed by atoms with Crippen LogP contribution in [0.25, 0.3) is 0 Å². The summed E-state index contributed by atoms with van der Waals surface area (Å²) in [5, 5.41) is 0. The van der Waals surface area contributed by atoms with Crippen LogP contribution in [0.3, 0.4) is 0 Å². The fourth-order valence-corrected chi connectivity index (χ4v) is 3.13. The number of para-hydroxylation sites is 2. The van der Waals surface area contributed by atoms with Crippen molar-refractivity contribution in [1.82, 2.24) is 4.90 Å². The van der Waals surface area contributed by atoms with Gasteiger partial charge < -0.3 is 14.2 Å². The summed E-state index contributed by atoms with van der Waals surface area (Å²) < 4.78 is 18.0. The van der Waals surface area contributed by atoms with Crippen LogP contribution in [-0.4, -0.2) is 35.5 Å². The van der Waals surface area contributed by atoms with E-state index in [1.807, 2.05) is 81.4 Å². The van der Waals surface area contributed by atoms with Gasteiger partial charge in [-0.25, -0.2) is 4.79 Å². The Morgan fingerprint density at radius 2 is 1.59 bits per heavy atom. The van der Waals surface area contributed by atoms with E-state index in [2.05, 4.69) is 0 Å². The van der Waals surface area contributed by atoms with E-state index in [4.69, 9.17) is 14.2 Å². The summed E-state index contributed by atoms with van der Waals surface area (Å²) in [7, 11) is 0. The maximum atomic E-state index is 12.8. The van der Waals surface area contributed by atoms with Crippen LogP contribution in [0.5, 0.6) is 11.5 Å². The molecule has 5 nitrogen and oxygen atoms in total. The van der Waals surface area contributed by atoms with E-state index in [1.165, 1.54) is 0 Å². The number of nitrogens with zero attached hydrogens (tertiary/aromatic N) is 1. The van der Waals surface area contributed by atoms with E-state index >= 15 is 0 Å². The van der Waals surface area contributed by atoms with E-state index in [9.17, 15) is 4.79 Å². The summed E-state index contributed by atoms with van der Waals surface area (Å²) >= 11 is 0. The molecule has 0 N–H and O–H groups in total. The highest BCUT2D eigenvalue weighted by atomic mass is 16.6. The van der Waals surface area contributed by atoms with E-state index in [0.717, 1.165) is 12.2 Å². The molecule has 2 aromatic carbocycles. The number of rotatable bonds is 5. The highest BCUT2D eigenvalue weighted by molar-refractivity contribution is 5.69. The Bertz CT molecular complexity index is 742. The number of carbonyl (C=O) groups excluding carboxylic acids is 1. The summed E-state index contributed by atoms with van der Waals surface area (Å²) in [4.78, 5) is 14.5. The quantitative estimate of drug-likeness (QED) is 0.754. The first-order chi connectivity index (χ1) is 12.9. The second kappa shape index (κ2) is 7.91. The van der Waals surface area contributed by atoms with Crippen molar-refractivity contribution in [3.05, 3.63) is 60.7 Å². The predicted molar refractivity (Wildman–Crippen MR) is 104 cm³/mol. The summed E-state index contributed by atoms with van der Waals surface area (Å²) in [6.07, 6.45) is 1.12. The lowest BCUT2D eigenvalue weighted by molar-refractivity contribution is -0.0882. The topological polar surface area (TPSA) is 48.0 Å². The van der Waals surface area contributed by atoms with Crippen LogP contribution in [0, 0.1) is 0 Å². The SMILES string of the molecule is CC(C)(C)OC(=O)N1CCC[C@@]1(COc1ccccc1)Oc1ccccc1. The van der Waals surface area contributed by atoms with Crippen molar-refractivity contribution in [2.45, 2.75) is 44.9 Å². The molecular formula is C22H27NO4. The molecule has 1 amide bonds. The molecule has 144 valence electrons. The Labute approximate surface area is 160 Å². The van der Waals surface area contributed by atoms with Gasteiger partial charge in [-0.1, -0.05) is 36.4 Å². The van der Waals surface area contributed by atoms with Crippen LogP contribution >= 0.6 is 0 Å². The standard InChI is InChI=1S/C22H27NO4/c1-21(2,3)27-20(24)23-16-10-15-22(23,26-19-13-8-5-9-14-19)17-25-18-11-6-4-7-12-18/h4-9,11-14H,10,15-17H2,1-3H3/t22-/m0/s1. The number of hydrogen-bond donors (Lipinski definition) is 0. The molecule has 0 spiro atoms. The number of amides is 1. The summed E-state index contributed by atoms with van der Waals surface area (Å²) in [6.45, 7) is 6.38. The fourth-order valence-electron chi connectivity index (χ4n) is 3.13. The zero-order valence-corrected chi connectivity index (χ0v) is 16.2. The van der Waals surface area contributed by atoms with Crippen LogP contribution < -0.4 is 9.47 Å². The Morgan fingerprint density at radius 1 is 1.00 bits per heavy atom. The summed E-state index contributed by atoms with van der Waals surface area (Å²) in [6, 6.07) is 19.1. The number of ether oxygens (including phenoxy) is 3. The van der Waals surface area contributed by atoms with Gasteiger partial charge in [-0.3, -0.25) is 4.90 Å². The summed E-state index contributed by atoms with van der Waals surface area (Å²) in [5.41, 5.74) is -1.47. The molecule has 1 heterocycles. The van der Waals surface area contributed by atoms with Crippen LogP contribution in [0.15, 0.2) is 60.7 Å². The monoisotopic (exact) mass is 369 g/mol.